The lowest BCUT2D eigenvalue weighted by molar-refractivity contribution is 0.300. The van der Waals surface area contributed by atoms with Crippen molar-refractivity contribution in [1.82, 2.24) is 25.8 Å². The first-order valence-corrected chi connectivity index (χ1v) is 13.8. The van der Waals surface area contributed by atoms with Gasteiger partial charge in [0.15, 0.2) is 5.82 Å². The lowest BCUT2D eigenvalue weighted by Crippen LogP contribution is -2.00. The second-order valence-electron chi connectivity index (χ2n) is 9.92. The second kappa shape index (κ2) is 9.97. The first-order chi connectivity index (χ1) is 19.5. The van der Waals surface area contributed by atoms with E-state index in [1.54, 1.807) is 24.3 Å². The molecule has 2 aromatic heterocycles. The fourth-order valence-corrected chi connectivity index (χ4v) is 5.94. The lowest BCUT2D eigenvalue weighted by Gasteiger charge is -2.11. The van der Waals surface area contributed by atoms with Gasteiger partial charge < -0.3 is 9.26 Å². The SMILES string of the molecule is [2H]C(Oc1ccc(C2CC2c2ccc(-c3nnn[nH]3)cc2)c(Cl)c1)c1c(-c2c(Cl)cccc2Cl)noc1C1CC1. The summed E-state index contributed by atoms with van der Waals surface area (Å²) in [5.74, 6) is 2.71. The van der Waals surface area contributed by atoms with Gasteiger partial charge in [-0.2, -0.15) is 0 Å². The fraction of sp³-hybridized carbons (Fsp3) is 0.241. The Morgan fingerprint density at radius 3 is 2.46 bits per heavy atom. The zero-order valence-electron chi connectivity index (χ0n) is 21.4. The Kier molecular flexibility index (Phi) is 6.01. The Hall–Kier alpha value is -3.39. The molecule has 2 fully saturated rings. The zero-order valence-corrected chi connectivity index (χ0v) is 22.7. The Morgan fingerprint density at radius 1 is 0.974 bits per heavy atom. The minimum absolute atomic E-state index is 0.216. The van der Waals surface area contributed by atoms with E-state index in [1.807, 2.05) is 24.3 Å². The molecule has 7 nitrogen and oxygen atoms in total. The predicted octanol–water partition coefficient (Wildman–Crippen LogP) is 8.21. The molecule has 2 heterocycles. The van der Waals surface area contributed by atoms with Gasteiger partial charge in [-0.25, -0.2) is 5.10 Å². The van der Waals surface area contributed by atoms with Crippen LogP contribution in [0.5, 0.6) is 5.75 Å². The van der Waals surface area contributed by atoms with Gasteiger partial charge >= 0.3 is 0 Å². The van der Waals surface area contributed by atoms with E-state index in [0.29, 0.717) is 61.1 Å². The second-order valence-corrected chi connectivity index (χ2v) is 11.1. The van der Waals surface area contributed by atoms with Crippen LogP contribution < -0.4 is 4.74 Å². The van der Waals surface area contributed by atoms with Crippen LogP contribution in [0, 0.1) is 0 Å². The molecule has 2 aliphatic rings. The third kappa shape index (κ3) is 4.80. The van der Waals surface area contributed by atoms with Crippen molar-refractivity contribution >= 4 is 34.8 Å². The third-order valence-electron chi connectivity index (χ3n) is 7.34. The van der Waals surface area contributed by atoms with E-state index in [0.717, 1.165) is 30.4 Å². The summed E-state index contributed by atoms with van der Waals surface area (Å²) in [6.45, 7) is -1.10. The molecular formula is C29H22Cl3N5O2. The van der Waals surface area contributed by atoms with Crippen molar-refractivity contribution in [2.75, 3.05) is 0 Å². The number of nitrogens with zero attached hydrogens (tertiary/aromatic N) is 4. The molecule has 0 amide bonds. The lowest BCUT2D eigenvalue weighted by atomic mass is 10.0. The van der Waals surface area contributed by atoms with Gasteiger partial charge in [-0.15, -0.1) is 5.10 Å². The molecule has 2 saturated carbocycles. The van der Waals surface area contributed by atoms with Crippen LogP contribution >= 0.6 is 34.8 Å². The van der Waals surface area contributed by atoms with Crippen molar-refractivity contribution in [3.8, 4) is 28.4 Å². The van der Waals surface area contributed by atoms with Gasteiger partial charge in [0.05, 0.1) is 17.0 Å². The number of rotatable bonds is 8. The van der Waals surface area contributed by atoms with Gasteiger partial charge in [-0.05, 0) is 76.9 Å². The Balaban J connectivity index is 1.10. The molecule has 0 radical (unpaired) electrons. The predicted molar refractivity (Wildman–Crippen MR) is 149 cm³/mol. The van der Waals surface area contributed by atoms with Gasteiger partial charge in [-0.1, -0.05) is 76.4 Å². The van der Waals surface area contributed by atoms with Gasteiger partial charge in [-0.3, -0.25) is 0 Å². The monoisotopic (exact) mass is 578 g/mol. The molecule has 39 heavy (non-hydrogen) atoms. The first-order valence-electron chi connectivity index (χ1n) is 13.2. The summed E-state index contributed by atoms with van der Waals surface area (Å²) in [5, 5.41) is 19.8. The van der Waals surface area contributed by atoms with Gasteiger partial charge in [0.2, 0.25) is 0 Å². The summed E-state index contributed by atoms with van der Waals surface area (Å²) < 4.78 is 20.7. The number of tetrazole rings is 1. The molecule has 196 valence electrons. The first kappa shape index (κ1) is 23.5. The quantitative estimate of drug-likeness (QED) is 0.199. The van der Waals surface area contributed by atoms with Gasteiger partial charge in [0.25, 0.3) is 0 Å². The summed E-state index contributed by atoms with van der Waals surface area (Å²) in [6, 6.07) is 19.1. The van der Waals surface area contributed by atoms with Crippen LogP contribution in [-0.4, -0.2) is 25.8 Å². The smallest absolute Gasteiger partial charge is 0.179 e. The zero-order chi connectivity index (χ0) is 27.4. The standard InChI is InChI=1S/C29H22Cl3N5O2/c30-23-2-1-3-24(31)26(23)27-22(28(39-35-27)16-6-7-16)14-38-18-10-11-19(25(32)12-18)21-13-20(21)15-4-8-17(9-5-15)29-33-36-37-34-29/h1-5,8-12,16,20-21H,6-7,13-14H2,(H,33,34,36,37)/i14D. The van der Waals surface area contributed by atoms with Crippen LogP contribution in [-0.2, 0) is 6.58 Å². The normalized spacial score (nSPS) is 19.5. The molecular weight excluding hydrogens is 557 g/mol. The Bertz CT molecular complexity index is 1670. The summed E-state index contributed by atoms with van der Waals surface area (Å²) in [7, 11) is 0. The molecule has 0 bridgehead atoms. The highest BCUT2D eigenvalue weighted by atomic mass is 35.5. The van der Waals surface area contributed by atoms with Crippen molar-refractivity contribution in [2.45, 2.75) is 43.6 Å². The number of hydrogen-bond donors (Lipinski definition) is 1. The molecule has 10 heteroatoms. The van der Waals surface area contributed by atoms with Crippen molar-refractivity contribution < 1.29 is 10.6 Å². The minimum atomic E-state index is -1.10. The highest BCUT2D eigenvalue weighted by molar-refractivity contribution is 6.39. The average Bonchev–Trinajstić information content (AvgIpc) is 3.84. The minimum Gasteiger partial charge on any atom is -0.489 e. The van der Waals surface area contributed by atoms with Gasteiger partial charge in [0, 0.05) is 22.1 Å². The molecule has 0 spiro atoms. The van der Waals surface area contributed by atoms with Crippen molar-refractivity contribution in [2.24, 2.45) is 0 Å². The number of halogens is 3. The van der Waals surface area contributed by atoms with E-state index in [4.69, 9.17) is 45.4 Å². The molecule has 3 unspecified atom stereocenters. The number of aromatic nitrogens is 5. The fourth-order valence-electron chi connectivity index (χ4n) is 5.05. The van der Waals surface area contributed by atoms with Crippen LogP contribution in [0.15, 0.2) is 65.2 Å². The van der Waals surface area contributed by atoms with E-state index in [9.17, 15) is 0 Å². The number of ether oxygens (including phenoxy) is 1. The Labute approximate surface area is 240 Å². The van der Waals surface area contributed by atoms with Crippen molar-refractivity contribution in [3.05, 3.63) is 98.2 Å². The van der Waals surface area contributed by atoms with Crippen LogP contribution in [0.3, 0.4) is 0 Å². The average molecular weight is 580 g/mol. The van der Waals surface area contributed by atoms with E-state index < -0.39 is 6.58 Å². The highest BCUT2D eigenvalue weighted by Crippen LogP contribution is 2.56. The molecule has 0 saturated heterocycles. The highest BCUT2D eigenvalue weighted by Gasteiger charge is 2.40. The molecule has 5 aromatic rings. The Morgan fingerprint density at radius 2 is 1.77 bits per heavy atom. The summed E-state index contributed by atoms with van der Waals surface area (Å²) >= 11 is 19.7. The van der Waals surface area contributed by atoms with E-state index in [-0.39, 0.29) is 5.92 Å². The summed E-state index contributed by atoms with van der Waals surface area (Å²) in [4.78, 5) is 0. The molecule has 1 N–H and O–H groups in total. The maximum absolute atomic E-state index is 8.93. The number of benzene rings is 3. The van der Waals surface area contributed by atoms with Crippen LogP contribution in [0.4, 0.5) is 0 Å². The number of aromatic amines is 1. The maximum atomic E-state index is 8.93. The third-order valence-corrected chi connectivity index (χ3v) is 8.29. The van der Waals surface area contributed by atoms with Crippen LogP contribution in [0.2, 0.25) is 15.1 Å². The van der Waals surface area contributed by atoms with Gasteiger partial charge in [0.1, 0.15) is 23.8 Å². The number of H-pyrrole nitrogens is 1. The molecule has 3 atom stereocenters. The topological polar surface area (TPSA) is 89.7 Å². The van der Waals surface area contributed by atoms with Crippen molar-refractivity contribution in [1.29, 1.82) is 0 Å². The van der Waals surface area contributed by atoms with E-state index in [2.05, 4.69) is 37.9 Å². The molecule has 7 rings (SSSR count). The largest absolute Gasteiger partial charge is 0.489 e. The number of hydrogen-bond acceptors (Lipinski definition) is 6. The molecule has 2 aliphatic carbocycles. The summed E-state index contributed by atoms with van der Waals surface area (Å²) in [6.07, 6.45) is 2.97. The van der Waals surface area contributed by atoms with Crippen LogP contribution in [0.1, 0.15) is 60.8 Å². The summed E-state index contributed by atoms with van der Waals surface area (Å²) in [5.41, 5.74) is 4.77. The van der Waals surface area contributed by atoms with Crippen LogP contribution in [0.25, 0.3) is 22.6 Å². The molecule has 0 aliphatic heterocycles. The van der Waals surface area contributed by atoms with Crippen molar-refractivity contribution in [3.63, 3.8) is 0 Å². The maximum Gasteiger partial charge on any atom is 0.179 e. The van der Waals surface area contributed by atoms with E-state index >= 15 is 0 Å². The number of nitrogens with one attached hydrogen (secondary N) is 1. The van der Waals surface area contributed by atoms with E-state index in [1.165, 1.54) is 5.56 Å². The molecule has 3 aromatic carbocycles.